The van der Waals surface area contributed by atoms with E-state index in [1.54, 1.807) is 7.11 Å². The molecular formula is C15H26O3. The van der Waals surface area contributed by atoms with E-state index in [1.807, 2.05) is 26.0 Å². The van der Waals surface area contributed by atoms with E-state index >= 15 is 0 Å². The van der Waals surface area contributed by atoms with Gasteiger partial charge in [0.15, 0.2) is 0 Å². The molecule has 18 heavy (non-hydrogen) atoms. The quantitative estimate of drug-likeness (QED) is 0.467. The summed E-state index contributed by atoms with van der Waals surface area (Å²) in [5, 5.41) is 0. The van der Waals surface area contributed by atoms with Gasteiger partial charge in [-0.15, -0.1) is 13.2 Å². The Labute approximate surface area is 111 Å². The smallest absolute Gasteiger partial charge is 0.311 e. The van der Waals surface area contributed by atoms with Crippen LogP contribution in [0.4, 0.5) is 0 Å². The molecule has 0 unspecified atom stereocenters. The molecule has 2 atom stereocenters. The average molecular weight is 254 g/mol. The highest BCUT2D eigenvalue weighted by atomic mass is 16.5. The van der Waals surface area contributed by atoms with Crippen LogP contribution in [-0.4, -0.2) is 26.3 Å². The Morgan fingerprint density at radius 3 is 2.28 bits per heavy atom. The number of rotatable bonds is 9. The Morgan fingerprint density at radius 2 is 1.89 bits per heavy atom. The second kappa shape index (κ2) is 8.09. The van der Waals surface area contributed by atoms with Crippen LogP contribution in [0.5, 0.6) is 0 Å². The van der Waals surface area contributed by atoms with Crippen LogP contribution in [0.2, 0.25) is 0 Å². The highest BCUT2D eigenvalue weighted by Gasteiger charge is 2.41. The van der Waals surface area contributed by atoms with Crippen LogP contribution >= 0.6 is 0 Å². The lowest BCUT2D eigenvalue weighted by molar-refractivity contribution is -0.157. The van der Waals surface area contributed by atoms with E-state index in [4.69, 9.17) is 9.47 Å². The second-order valence-corrected chi connectivity index (χ2v) is 5.12. The van der Waals surface area contributed by atoms with E-state index in [0.717, 1.165) is 19.3 Å². The lowest BCUT2D eigenvalue weighted by Crippen LogP contribution is -2.41. The topological polar surface area (TPSA) is 35.5 Å². The van der Waals surface area contributed by atoms with Crippen molar-refractivity contribution in [3.63, 3.8) is 0 Å². The molecule has 0 aromatic carbocycles. The van der Waals surface area contributed by atoms with Gasteiger partial charge in [0.05, 0.1) is 19.1 Å². The minimum Gasteiger partial charge on any atom is -0.469 e. The number of methoxy groups -OCH3 is 2. The lowest BCUT2D eigenvalue weighted by atomic mass is 9.72. The molecule has 0 aromatic heterocycles. The molecule has 0 amide bonds. The van der Waals surface area contributed by atoms with Gasteiger partial charge < -0.3 is 9.47 Å². The monoisotopic (exact) mass is 254 g/mol. The van der Waals surface area contributed by atoms with Gasteiger partial charge in [-0.25, -0.2) is 0 Å². The van der Waals surface area contributed by atoms with Crippen molar-refractivity contribution in [3.05, 3.63) is 25.3 Å². The largest absolute Gasteiger partial charge is 0.469 e. The molecule has 0 aliphatic rings. The first-order chi connectivity index (χ1) is 8.44. The summed E-state index contributed by atoms with van der Waals surface area (Å²) >= 11 is 0. The number of hydrogen-bond donors (Lipinski definition) is 0. The SMILES string of the molecule is C=CCC[C@@H](OC)[C@@H](C(=O)OC)C(C)(C)CC=C. The number of ether oxygens (including phenoxy) is 2. The molecule has 0 rings (SSSR count). The van der Waals surface area contributed by atoms with Crippen molar-refractivity contribution >= 4 is 5.97 Å². The van der Waals surface area contributed by atoms with Gasteiger partial charge in [0.25, 0.3) is 0 Å². The van der Waals surface area contributed by atoms with Crippen molar-refractivity contribution in [1.29, 1.82) is 0 Å². The van der Waals surface area contributed by atoms with Crippen molar-refractivity contribution in [2.24, 2.45) is 11.3 Å². The number of hydrogen-bond acceptors (Lipinski definition) is 3. The summed E-state index contributed by atoms with van der Waals surface area (Å²) in [6.45, 7) is 11.5. The molecular weight excluding hydrogens is 228 g/mol. The summed E-state index contributed by atoms with van der Waals surface area (Å²) in [6.07, 6.45) is 5.82. The fourth-order valence-corrected chi connectivity index (χ4v) is 2.30. The van der Waals surface area contributed by atoms with Crippen molar-refractivity contribution in [2.45, 2.75) is 39.2 Å². The maximum atomic E-state index is 12.0. The molecule has 0 N–H and O–H groups in total. The van der Waals surface area contributed by atoms with Crippen molar-refractivity contribution in [3.8, 4) is 0 Å². The van der Waals surface area contributed by atoms with Gasteiger partial charge in [0, 0.05) is 7.11 Å². The number of allylic oxidation sites excluding steroid dienone is 2. The molecule has 104 valence electrons. The van der Waals surface area contributed by atoms with Gasteiger partial charge in [0.1, 0.15) is 0 Å². The maximum Gasteiger partial charge on any atom is 0.311 e. The normalized spacial score (nSPS) is 14.7. The molecule has 0 saturated carbocycles. The number of carbonyl (C=O) groups excluding carboxylic acids is 1. The molecule has 0 spiro atoms. The molecule has 0 aliphatic heterocycles. The van der Waals surface area contributed by atoms with E-state index < -0.39 is 0 Å². The molecule has 0 saturated heterocycles. The van der Waals surface area contributed by atoms with E-state index in [1.165, 1.54) is 7.11 Å². The van der Waals surface area contributed by atoms with Crippen LogP contribution < -0.4 is 0 Å². The minimum absolute atomic E-state index is 0.162. The third-order valence-corrected chi connectivity index (χ3v) is 3.30. The Balaban J connectivity index is 5.11. The number of esters is 1. The maximum absolute atomic E-state index is 12.0. The van der Waals surface area contributed by atoms with Gasteiger partial charge in [0.2, 0.25) is 0 Å². The highest BCUT2D eigenvalue weighted by molar-refractivity contribution is 5.74. The summed E-state index contributed by atoms with van der Waals surface area (Å²) in [5.74, 6) is -0.525. The molecule has 0 bridgehead atoms. The van der Waals surface area contributed by atoms with Crippen LogP contribution in [0.1, 0.15) is 33.1 Å². The first kappa shape index (κ1) is 16.9. The van der Waals surface area contributed by atoms with Crippen molar-refractivity contribution < 1.29 is 14.3 Å². The summed E-state index contributed by atoms with van der Waals surface area (Å²) < 4.78 is 10.4. The molecule has 0 heterocycles. The zero-order chi connectivity index (χ0) is 14.2. The Bertz CT molecular complexity index is 281. The molecule has 0 aromatic rings. The molecule has 0 aliphatic carbocycles. The predicted octanol–water partition coefficient (Wildman–Crippen LogP) is 3.36. The molecule has 3 heteroatoms. The van der Waals surface area contributed by atoms with Gasteiger partial charge >= 0.3 is 5.97 Å². The van der Waals surface area contributed by atoms with Crippen LogP contribution in [0.25, 0.3) is 0 Å². The highest BCUT2D eigenvalue weighted by Crippen LogP contribution is 2.36. The second-order valence-electron chi connectivity index (χ2n) is 5.12. The van der Waals surface area contributed by atoms with Gasteiger partial charge in [-0.3, -0.25) is 4.79 Å². The molecule has 3 nitrogen and oxygen atoms in total. The summed E-state index contributed by atoms with van der Waals surface area (Å²) in [5.41, 5.74) is -0.239. The van der Waals surface area contributed by atoms with Crippen molar-refractivity contribution in [2.75, 3.05) is 14.2 Å². The summed E-state index contributed by atoms with van der Waals surface area (Å²) in [6, 6.07) is 0. The van der Waals surface area contributed by atoms with Gasteiger partial charge in [-0.2, -0.15) is 0 Å². The van der Waals surface area contributed by atoms with E-state index in [-0.39, 0.29) is 23.4 Å². The van der Waals surface area contributed by atoms with Crippen LogP contribution in [0.3, 0.4) is 0 Å². The number of carbonyl (C=O) groups is 1. The Morgan fingerprint density at radius 1 is 1.28 bits per heavy atom. The van der Waals surface area contributed by atoms with Crippen molar-refractivity contribution in [1.82, 2.24) is 0 Å². The standard InChI is InChI=1S/C15H26O3/c1-7-9-10-12(17-5)13(14(16)18-6)15(3,4)11-8-2/h7-8,12-13H,1-2,9-11H2,3-6H3/t12-,13+/m1/s1. The first-order valence-electron chi connectivity index (χ1n) is 6.27. The zero-order valence-electron chi connectivity index (χ0n) is 12.1. The van der Waals surface area contributed by atoms with Gasteiger partial charge in [-0.1, -0.05) is 26.0 Å². The van der Waals surface area contributed by atoms with Crippen LogP contribution in [0.15, 0.2) is 25.3 Å². The van der Waals surface area contributed by atoms with E-state index in [2.05, 4.69) is 13.2 Å². The molecule has 0 fully saturated rings. The summed E-state index contributed by atoms with van der Waals surface area (Å²) in [7, 11) is 3.05. The zero-order valence-corrected chi connectivity index (χ0v) is 12.1. The first-order valence-corrected chi connectivity index (χ1v) is 6.27. The predicted molar refractivity (Wildman–Crippen MR) is 74.3 cm³/mol. The van der Waals surface area contributed by atoms with Gasteiger partial charge in [-0.05, 0) is 24.7 Å². The third kappa shape index (κ3) is 4.65. The van der Waals surface area contributed by atoms with Crippen LogP contribution in [0, 0.1) is 11.3 Å². The fourth-order valence-electron chi connectivity index (χ4n) is 2.30. The van der Waals surface area contributed by atoms with Crippen LogP contribution in [-0.2, 0) is 14.3 Å². The van der Waals surface area contributed by atoms with E-state index in [9.17, 15) is 4.79 Å². The Hall–Kier alpha value is -1.09. The fraction of sp³-hybridized carbons (Fsp3) is 0.667. The molecule has 0 radical (unpaired) electrons. The Kier molecular flexibility index (Phi) is 7.60. The summed E-state index contributed by atoms with van der Waals surface area (Å²) in [4.78, 5) is 12.0. The minimum atomic E-state index is -0.301. The average Bonchev–Trinajstić information content (AvgIpc) is 2.33. The lowest BCUT2D eigenvalue weighted by Gasteiger charge is -2.36. The van der Waals surface area contributed by atoms with E-state index in [0.29, 0.717) is 0 Å². The third-order valence-electron chi connectivity index (χ3n) is 3.30.